The molecular formula is C10H13N3. The molecule has 0 amide bonds. The van der Waals surface area contributed by atoms with Gasteiger partial charge >= 0.3 is 0 Å². The highest BCUT2D eigenvalue weighted by atomic mass is 15.0. The Balaban J connectivity index is 2.80. The lowest BCUT2D eigenvalue weighted by Crippen LogP contribution is -2.18. The summed E-state index contributed by atoms with van der Waals surface area (Å²) >= 11 is 0. The summed E-state index contributed by atoms with van der Waals surface area (Å²) in [5.74, 6) is 3.34. The van der Waals surface area contributed by atoms with Crippen LogP contribution in [0.1, 0.15) is 23.9 Å². The number of aromatic nitrogens is 2. The summed E-state index contributed by atoms with van der Waals surface area (Å²) in [6, 6.07) is 0.0607. The van der Waals surface area contributed by atoms with Gasteiger partial charge in [-0.3, -0.25) is 0 Å². The first-order chi connectivity index (χ1) is 6.27. The van der Waals surface area contributed by atoms with Crippen molar-refractivity contribution in [1.29, 1.82) is 0 Å². The number of terminal acetylenes is 1. The number of rotatable bonds is 3. The highest BCUT2D eigenvalue weighted by molar-refractivity contribution is 5.06. The lowest BCUT2D eigenvalue weighted by atomic mass is 10.2. The molecule has 1 heterocycles. The summed E-state index contributed by atoms with van der Waals surface area (Å²) in [6.07, 6.45) is 9.43. The minimum atomic E-state index is 0.0607. The maximum Gasteiger partial charge on any atom is 0.146 e. The molecule has 68 valence electrons. The van der Waals surface area contributed by atoms with E-state index in [9.17, 15) is 0 Å². The van der Waals surface area contributed by atoms with E-state index >= 15 is 0 Å². The van der Waals surface area contributed by atoms with Gasteiger partial charge in [0.05, 0.1) is 6.04 Å². The molecule has 1 unspecified atom stereocenters. The predicted molar refractivity (Wildman–Crippen MR) is 52.0 cm³/mol. The van der Waals surface area contributed by atoms with Gasteiger partial charge in [0, 0.05) is 18.8 Å². The van der Waals surface area contributed by atoms with Gasteiger partial charge in [0.2, 0.25) is 0 Å². The molecule has 0 fully saturated rings. The van der Waals surface area contributed by atoms with Crippen LogP contribution in [0.2, 0.25) is 0 Å². The molecule has 1 atom stereocenters. The van der Waals surface area contributed by atoms with Crippen molar-refractivity contribution in [2.45, 2.75) is 19.4 Å². The molecule has 1 aromatic rings. The summed E-state index contributed by atoms with van der Waals surface area (Å²) in [4.78, 5) is 8.40. The maximum atomic E-state index is 5.23. The van der Waals surface area contributed by atoms with Crippen molar-refractivity contribution in [2.24, 2.45) is 0 Å². The second-order valence-electron chi connectivity index (χ2n) is 2.87. The number of hydrogen-bond acceptors (Lipinski definition) is 3. The molecule has 3 heteroatoms. The Kier molecular flexibility index (Phi) is 3.41. The van der Waals surface area contributed by atoms with Crippen LogP contribution in [0.5, 0.6) is 0 Å². The number of nitrogens with zero attached hydrogens (tertiary/aromatic N) is 2. The molecule has 3 nitrogen and oxygen atoms in total. The average molecular weight is 175 g/mol. The van der Waals surface area contributed by atoms with Crippen molar-refractivity contribution < 1.29 is 0 Å². The third-order valence-electron chi connectivity index (χ3n) is 1.78. The Morgan fingerprint density at radius 2 is 2.15 bits per heavy atom. The second-order valence-corrected chi connectivity index (χ2v) is 2.87. The van der Waals surface area contributed by atoms with E-state index in [0.717, 1.165) is 11.4 Å². The van der Waals surface area contributed by atoms with Crippen molar-refractivity contribution in [1.82, 2.24) is 15.3 Å². The normalized spacial score (nSPS) is 12.1. The van der Waals surface area contributed by atoms with Crippen LogP contribution in [0.3, 0.4) is 0 Å². The van der Waals surface area contributed by atoms with Gasteiger partial charge in [-0.2, -0.15) is 0 Å². The lowest BCUT2D eigenvalue weighted by Gasteiger charge is -2.10. The van der Waals surface area contributed by atoms with Crippen LogP contribution in [-0.4, -0.2) is 17.0 Å². The van der Waals surface area contributed by atoms with Gasteiger partial charge in [-0.25, -0.2) is 9.97 Å². The molecule has 0 aliphatic carbocycles. The minimum Gasteiger partial charge on any atom is -0.310 e. The fourth-order valence-electron chi connectivity index (χ4n) is 1.02. The summed E-state index contributed by atoms with van der Waals surface area (Å²) < 4.78 is 0. The molecule has 1 aromatic heterocycles. The SMILES string of the molecule is C#CCC(NC)c1ncc(C)cn1. The molecule has 0 saturated heterocycles. The van der Waals surface area contributed by atoms with Crippen LogP contribution in [0.4, 0.5) is 0 Å². The summed E-state index contributed by atoms with van der Waals surface area (Å²) in [5.41, 5.74) is 1.05. The fourth-order valence-corrected chi connectivity index (χ4v) is 1.02. The first kappa shape index (κ1) is 9.69. The lowest BCUT2D eigenvalue weighted by molar-refractivity contribution is 0.573. The Morgan fingerprint density at radius 3 is 2.62 bits per heavy atom. The maximum absolute atomic E-state index is 5.23. The molecule has 0 saturated carbocycles. The Labute approximate surface area is 78.6 Å². The monoisotopic (exact) mass is 175 g/mol. The van der Waals surface area contributed by atoms with Gasteiger partial charge in [0.1, 0.15) is 5.82 Å². The molecule has 0 aliphatic heterocycles. The van der Waals surface area contributed by atoms with Crippen molar-refractivity contribution in [3.05, 3.63) is 23.8 Å². The quantitative estimate of drug-likeness (QED) is 0.698. The van der Waals surface area contributed by atoms with Crippen LogP contribution in [0.25, 0.3) is 0 Å². The Morgan fingerprint density at radius 1 is 1.54 bits per heavy atom. The van der Waals surface area contributed by atoms with Gasteiger partial charge in [0.25, 0.3) is 0 Å². The standard InChI is InChI=1S/C10H13N3/c1-4-5-9(11-3)10-12-6-8(2)7-13-10/h1,6-7,9,11H,5H2,2-3H3. The molecule has 0 aliphatic rings. The number of nitrogens with one attached hydrogen (secondary N) is 1. The first-order valence-electron chi connectivity index (χ1n) is 4.17. The van der Waals surface area contributed by atoms with Crippen molar-refractivity contribution >= 4 is 0 Å². The van der Waals surface area contributed by atoms with E-state index in [2.05, 4.69) is 21.2 Å². The second kappa shape index (κ2) is 4.58. The van der Waals surface area contributed by atoms with Gasteiger partial charge in [-0.05, 0) is 19.5 Å². The van der Waals surface area contributed by atoms with Crippen LogP contribution < -0.4 is 5.32 Å². The molecule has 0 spiro atoms. The Hall–Kier alpha value is -1.40. The predicted octanol–water partition coefficient (Wildman–Crippen LogP) is 1.07. The van der Waals surface area contributed by atoms with E-state index in [-0.39, 0.29) is 6.04 Å². The van der Waals surface area contributed by atoms with E-state index < -0.39 is 0 Å². The van der Waals surface area contributed by atoms with Gasteiger partial charge in [-0.15, -0.1) is 12.3 Å². The topological polar surface area (TPSA) is 37.8 Å². The molecule has 0 aromatic carbocycles. The molecule has 0 radical (unpaired) electrons. The smallest absolute Gasteiger partial charge is 0.146 e. The third kappa shape index (κ3) is 2.53. The van der Waals surface area contributed by atoms with Crippen LogP contribution in [0.15, 0.2) is 12.4 Å². The zero-order valence-corrected chi connectivity index (χ0v) is 7.91. The van der Waals surface area contributed by atoms with Gasteiger partial charge < -0.3 is 5.32 Å². The molecule has 13 heavy (non-hydrogen) atoms. The molecule has 1 N–H and O–H groups in total. The molecule has 1 rings (SSSR count). The van der Waals surface area contributed by atoms with Crippen molar-refractivity contribution in [3.8, 4) is 12.3 Å². The first-order valence-corrected chi connectivity index (χ1v) is 4.17. The van der Waals surface area contributed by atoms with Crippen LogP contribution in [0, 0.1) is 19.3 Å². The average Bonchev–Trinajstić information content (AvgIpc) is 2.16. The largest absolute Gasteiger partial charge is 0.310 e. The minimum absolute atomic E-state index is 0.0607. The highest BCUT2D eigenvalue weighted by Gasteiger charge is 2.09. The van der Waals surface area contributed by atoms with E-state index in [4.69, 9.17) is 6.42 Å². The molecule has 0 bridgehead atoms. The Bertz CT molecular complexity index is 297. The van der Waals surface area contributed by atoms with Crippen LogP contribution in [-0.2, 0) is 0 Å². The number of hydrogen-bond donors (Lipinski definition) is 1. The number of aryl methyl sites for hydroxylation is 1. The third-order valence-corrected chi connectivity index (χ3v) is 1.78. The van der Waals surface area contributed by atoms with Gasteiger partial charge in [0.15, 0.2) is 0 Å². The van der Waals surface area contributed by atoms with E-state index in [1.54, 1.807) is 12.4 Å². The molecular weight excluding hydrogens is 162 g/mol. The zero-order valence-electron chi connectivity index (χ0n) is 7.91. The summed E-state index contributed by atoms with van der Waals surface area (Å²) in [7, 11) is 1.85. The highest BCUT2D eigenvalue weighted by Crippen LogP contribution is 2.09. The summed E-state index contributed by atoms with van der Waals surface area (Å²) in [5, 5.41) is 3.07. The van der Waals surface area contributed by atoms with Crippen molar-refractivity contribution in [2.75, 3.05) is 7.05 Å². The van der Waals surface area contributed by atoms with E-state index in [1.807, 2.05) is 14.0 Å². The van der Waals surface area contributed by atoms with Crippen molar-refractivity contribution in [3.63, 3.8) is 0 Å². The van der Waals surface area contributed by atoms with Crippen LogP contribution >= 0.6 is 0 Å². The zero-order chi connectivity index (χ0) is 9.68. The van der Waals surface area contributed by atoms with E-state index in [0.29, 0.717) is 6.42 Å². The van der Waals surface area contributed by atoms with E-state index in [1.165, 1.54) is 0 Å². The van der Waals surface area contributed by atoms with Gasteiger partial charge in [-0.1, -0.05) is 0 Å². The summed E-state index contributed by atoms with van der Waals surface area (Å²) in [6.45, 7) is 1.96. The fraction of sp³-hybridized carbons (Fsp3) is 0.400.